The fourth-order valence-corrected chi connectivity index (χ4v) is 3.82. The van der Waals surface area contributed by atoms with Gasteiger partial charge in [0.05, 0.1) is 0 Å². The Labute approximate surface area is 132 Å². The quantitative estimate of drug-likeness (QED) is 0.833. The molecular formula is C17H27BrN2. The molecule has 0 spiro atoms. The monoisotopic (exact) mass is 338 g/mol. The standard InChI is InChI=1S/C17H27BrN2/c1-4-14-7-6-10-20(12-14)15-8-9-16(17(18)11-15)13(3)19-5-2/h8-9,11,13-14,19H,4-7,10,12H2,1-3H3. The zero-order chi connectivity index (χ0) is 14.5. The molecule has 0 amide bonds. The van der Waals surface area contributed by atoms with E-state index >= 15 is 0 Å². The van der Waals surface area contributed by atoms with E-state index in [9.17, 15) is 0 Å². The molecule has 0 bridgehead atoms. The highest BCUT2D eigenvalue weighted by Gasteiger charge is 2.19. The van der Waals surface area contributed by atoms with Crippen LogP contribution in [0.5, 0.6) is 0 Å². The Morgan fingerprint density at radius 3 is 2.85 bits per heavy atom. The average molecular weight is 339 g/mol. The second-order valence-electron chi connectivity index (χ2n) is 5.85. The number of benzene rings is 1. The summed E-state index contributed by atoms with van der Waals surface area (Å²) in [7, 11) is 0. The minimum atomic E-state index is 0.396. The van der Waals surface area contributed by atoms with Crippen LogP contribution in [-0.2, 0) is 0 Å². The molecule has 1 aliphatic heterocycles. The summed E-state index contributed by atoms with van der Waals surface area (Å²) in [6, 6.07) is 7.24. The van der Waals surface area contributed by atoms with E-state index in [1.807, 2.05) is 0 Å². The van der Waals surface area contributed by atoms with Gasteiger partial charge < -0.3 is 10.2 Å². The predicted molar refractivity (Wildman–Crippen MR) is 91.5 cm³/mol. The molecule has 2 nitrogen and oxygen atoms in total. The van der Waals surface area contributed by atoms with Crippen molar-refractivity contribution in [3.05, 3.63) is 28.2 Å². The first-order chi connectivity index (χ1) is 9.65. The van der Waals surface area contributed by atoms with Crippen LogP contribution in [0.2, 0.25) is 0 Å². The van der Waals surface area contributed by atoms with Gasteiger partial charge in [0.25, 0.3) is 0 Å². The molecule has 0 aliphatic carbocycles. The summed E-state index contributed by atoms with van der Waals surface area (Å²) in [5.41, 5.74) is 2.71. The molecule has 1 aliphatic rings. The topological polar surface area (TPSA) is 15.3 Å². The molecule has 0 aromatic heterocycles. The predicted octanol–water partition coefficient (Wildman–Crippen LogP) is 4.75. The maximum absolute atomic E-state index is 3.75. The molecule has 1 heterocycles. The summed E-state index contributed by atoms with van der Waals surface area (Å²) >= 11 is 3.75. The minimum absolute atomic E-state index is 0.396. The third kappa shape index (κ3) is 3.76. The van der Waals surface area contributed by atoms with Crippen molar-refractivity contribution < 1.29 is 0 Å². The molecule has 2 unspecified atom stereocenters. The highest BCUT2D eigenvalue weighted by molar-refractivity contribution is 9.10. The highest BCUT2D eigenvalue weighted by Crippen LogP contribution is 2.31. The SMILES string of the molecule is CCNC(C)c1ccc(N2CCCC(CC)C2)cc1Br. The lowest BCUT2D eigenvalue weighted by atomic mass is 9.95. The van der Waals surface area contributed by atoms with Gasteiger partial charge in [0, 0.05) is 29.3 Å². The van der Waals surface area contributed by atoms with E-state index in [0.717, 1.165) is 12.5 Å². The summed E-state index contributed by atoms with van der Waals surface area (Å²) in [6.45, 7) is 10.1. The summed E-state index contributed by atoms with van der Waals surface area (Å²) in [5, 5.41) is 3.47. The Hall–Kier alpha value is -0.540. The third-order valence-electron chi connectivity index (χ3n) is 4.42. The van der Waals surface area contributed by atoms with Gasteiger partial charge in [-0.3, -0.25) is 0 Å². The van der Waals surface area contributed by atoms with Crippen LogP contribution in [0, 0.1) is 5.92 Å². The molecule has 1 fully saturated rings. The Morgan fingerprint density at radius 2 is 2.20 bits per heavy atom. The average Bonchev–Trinajstić information content (AvgIpc) is 2.47. The van der Waals surface area contributed by atoms with Crippen molar-refractivity contribution in [3.8, 4) is 0 Å². The molecule has 1 aromatic rings. The van der Waals surface area contributed by atoms with Gasteiger partial charge in [0.15, 0.2) is 0 Å². The van der Waals surface area contributed by atoms with Crippen molar-refractivity contribution in [2.24, 2.45) is 5.92 Å². The maximum atomic E-state index is 3.75. The van der Waals surface area contributed by atoms with Crippen LogP contribution in [0.4, 0.5) is 5.69 Å². The van der Waals surface area contributed by atoms with E-state index < -0.39 is 0 Å². The Bertz CT molecular complexity index is 433. The van der Waals surface area contributed by atoms with E-state index in [-0.39, 0.29) is 0 Å². The molecule has 20 heavy (non-hydrogen) atoms. The molecule has 112 valence electrons. The van der Waals surface area contributed by atoms with Gasteiger partial charge in [-0.25, -0.2) is 0 Å². The van der Waals surface area contributed by atoms with E-state index in [1.165, 1.54) is 48.1 Å². The summed E-state index contributed by atoms with van der Waals surface area (Å²) in [5.74, 6) is 0.864. The van der Waals surface area contributed by atoms with E-state index in [0.29, 0.717) is 6.04 Å². The summed E-state index contributed by atoms with van der Waals surface area (Å²) in [6.07, 6.45) is 4.02. The summed E-state index contributed by atoms with van der Waals surface area (Å²) < 4.78 is 1.22. The minimum Gasteiger partial charge on any atom is -0.371 e. The van der Waals surface area contributed by atoms with Crippen LogP contribution in [0.1, 0.15) is 51.6 Å². The number of halogens is 1. The molecule has 0 radical (unpaired) electrons. The van der Waals surface area contributed by atoms with Crippen LogP contribution < -0.4 is 10.2 Å². The molecule has 1 aromatic carbocycles. The van der Waals surface area contributed by atoms with Gasteiger partial charge >= 0.3 is 0 Å². The smallest absolute Gasteiger partial charge is 0.0377 e. The van der Waals surface area contributed by atoms with Crippen molar-refractivity contribution in [2.75, 3.05) is 24.5 Å². The Morgan fingerprint density at radius 1 is 1.40 bits per heavy atom. The van der Waals surface area contributed by atoms with Gasteiger partial charge in [-0.2, -0.15) is 0 Å². The third-order valence-corrected chi connectivity index (χ3v) is 5.11. The van der Waals surface area contributed by atoms with Crippen molar-refractivity contribution in [2.45, 2.75) is 46.1 Å². The Balaban J connectivity index is 2.12. The molecule has 2 rings (SSSR count). The van der Waals surface area contributed by atoms with Crippen LogP contribution in [0.25, 0.3) is 0 Å². The van der Waals surface area contributed by atoms with Crippen LogP contribution in [0.15, 0.2) is 22.7 Å². The first-order valence-electron chi connectivity index (χ1n) is 7.93. The lowest BCUT2D eigenvalue weighted by Crippen LogP contribution is -2.35. The van der Waals surface area contributed by atoms with Crippen molar-refractivity contribution >= 4 is 21.6 Å². The van der Waals surface area contributed by atoms with Gasteiger partial charge in [0.2, 0.25) is 0 Å². The largest absolute Gasteiger partial charge is 0.371 e. The zero-order valence-corrected chi connectivity index (χ0v) is 14.5. The zero-order valence-electron chi connectivity index (χ0n) is 13.0. The molecule has 0 saturated carbocycles. The number of hydrogen-bond acceptors (Lipinski definition) is 2. The summed E-state index contributed by atoms with van der Waals surface area (Å²) in [4.78, 5) is 2.55. The van der Waals surface area contributed by atoms with Gasteiger partial charge in [-0.1, -0.05) is 42.3 Å². The number of anilines is 1. The molecular weight excluding hydrogens is 312 g/mol. The lowest BCUT2D eigenvalue weighted by molar-refractivity contribution is 0.404. The molecule has 3 heteroatoms. The number of rotatable bonds is 5. The first-order valence-corrected chi connectivity index (χ1v) is 8.72. The van der Waals surface area contributed by atoms with Crippen molar-refractivity contribution in [1.29, 1.82) is 0 Å². The molecule has 1 saturated heterocycles. The maximum Gasteiger partial charge on any atom is 0.0377 e. The van der Waals surface area contributed by atoms with Gasteiger partial charge in [-0.05, 0) is 49.9 Å². The van der Waals surface area contributed by atoms with Crippen LogP contribution in [-0.4, -0.2) is 19.6 Å². The van der Waals surface area contributed by atoms with E-state index in [4.69, 9.17) is 0 Å². The van der Waals surface area contributed by atoms with Gasteiger partial charge in [-0.15, -0.1) is 0 Å². The van der Waals surface area contributed by atoms with Crippen molar-refractivity contribution in [3.63, 3.8) is 0 Å². The fourth-order valence-electron chi connectivity index (χ4n) is 3.11. The Kier molecular flexibility index (Phi) is 5.91. The highest BCUT2D eigenvalue weighted by atomic mass is 79.9. The van der Waals surface area contributed by atoms with E-state index in [2.05, 4.69) is 65.1 Å². The number of piperidine rings is 1. The van der Waals surface area contributed by atoms with E-state index in [1.54, 1.807) is 0 Å². The second kappa shape index (κ2) is 7.46. The number of hydrogen-bond donors (Lipinski definition) is 1. The van der Waals surface area contributed by atoms with Gasteiger partial charge in [0.1, 0.15) is 0 Å². The number of nitrogens with zero attached hydrogens (tertiary/aromatic N) is 1. The van der Waals surface area contributed by atoms with Crippen LogP contribution in [0.3, 0.4) is 0 Å². The molecule has 1 N–H and O–H groups in total. The number of nitrogens with one attached hydrogen (secondary N) is 1. The lowest BCUT2D eigenvalue weighted by Gasteiger charge is -2.34. The molecule has 2 atom stereocenters. The first kappa shape index (κ1) is 15.8. The second-order valence-corrected chi connectivity index (χ2v) is 6.70. The normalized spacial score (nSPS) is 21.0. The van der Waals surface area contributed by atoms with Crippen molar-refractivity contribution in [1.82, 2.24) is 5.32 Å². The van der Waals surface area contributed by atoms with Crippen LogP contribution >= 0.6 is 15.9 Å². The fraction of sp³-hybridized carbons (Fsp3) is 0.647.